The third-order valence-electron chi connectivity index (χ3n) is 3.76. The Hall–Kier alpha value is -0.0400. The van der Waals surface area contributed by atoms with E-state index >= 15 is 0 Å². The second-order valence-electron chi connectivity index (χ2n) is 4.37. The molecule has 1 nitrogen and oxygen atoms in total. The fraction of sp³-hybridized carbons (Fsp3) is 1.00. The summed E-state index contributed by atoms with van der Waals surface area (Å²) in [6.07, 6.45) is 5.83. The van der Waals surface area contributed by atoms with E-state index in [4.69, 9.17) is 0 Å². The lowest BCUT2D eigenvalue weighted by atomic mass is 9.79. The normalized spacial score (nSPS) is 50.7. The SMILES string of the molecule is CC1NC2CCCCC2C1C. The average molecular weight is 153 g/mol. The van der Waals surface area contributed by atoms with Gasteiger partial charge in [-0.25, -0.2) is 0 Å². The van der Waals surface area contributed by atoms with Crippen LogP contribution in [0.5, 0.6) is 0 Å². The molecule has 0 radical (unpaired) electrons. The van der Waals surface area contributed by atoms with Crippen molar-refractivity contribution in [2.24, 2.45) is 11.8 Å². The van der Waals surface area contributed by atoms with Gasteiger partial charge in [0.05, 0.1) is 0 Å². The molecule has 2 aliphatic rings. The highest BCUT2D eigenvalue weighted by atomic mass is 15.0. The maximum absolute atomic E-state index is 3.71. The molecule has 4 unspecified atom stereocenters. The van der Waals surface area contributed by atoms with E-state index < -0.39 is 0 Å². The Kier molecular flexibility index (Phi) is 1.92. The van der Waals surface area contributed by atoms with Crippen LogP contribution in [0.2, 0.25) is 0 Å². The van der Waals surface area contributed by atoms with E-state index in [1.807, 2.05) is 0 Å². The first kappa shape index (κ1) is 7.60. The summed E-state index contributed by atoms with van der Waals surface area (Å²) in [4.78, 5) is 0. The van der Waals surface area contributed by atoms with Gasteiger partial charge in [0.1, 0.15) is 0 Å². The van der Waals surface area contributed by atoms with Gasteiger partial charge in [0.15, 0.2) is 0 Å². The summed E-state index contributed by atoms with van der Waals surface area (Å²) in [7, 11) is 0. The van der Waals surface area contributed by atoms with Gasteiger partial charge in [0, 0.05) is 12.1 Å². The van der Waals surface area contributed by atoms with Gasteiger partial charge in [0.25, 0.3) is 0 Å². The molecule has 1 saturated heterocycles. The maximum Gasteiger partial charge on any atom is 0.0101 e. The average Bonchev–Trinajstić information content (AvgIpc) is 2.30. The van der Waals surface area contributed by atoms with Crippen molar-refractivity contribution in [3.63, 3.8) is 0 Å². The van der Waals surface area contributed by atoms with Gasteiger partial charge >= 0.3 is 0 Å². The van der Waals surface area contributed by atoms with Crippen molar-refractivity contribution >= 4 is 0 Å². The molecule has 2 fully saturated rings. The first-order valence-electron chi connectivity index (χ1n) is 5.05. The number of hydrogen-bond acceptors (Lipinski definition) is 1. The minimum Gasteiger partial charge on any atom is -0.311 e. The smallest absolute Gasteiger partial charge is 0.0101 e. The summed E-state index contributed by atoms with van der Waals surface area (Å²) in [5, 5.41) is 3.71. The van der Waals surface area contributed by atoms with Crippen LogP contribution in [-0.2, 0) is 0 Å². The van der Waals surface area contributed by atoms with Crippen LogP contribution >= 0.6 is 0 Å². The van der Waals surface area contributed by atoms with E-state index in [0.29, 0.717) is 0 Å². The van der Waals surface area contributed by atoms with Gasteiger partial charge in [-0.15, -0.1) is 0 Å². The van der Waals surface area contributed by atoms with Crippen molar-refractivity contribution in [2.45, 2.75) is 51.6 Å². The Balaban J connectivity index is 2.05. The zero-order chi connectivity index (χ0) is 7.84. The standard InChI is InChI=1S/C10H19N/c1-7-8(2)11-10-6-4-3-5-9(7)10/h7-11H,3-6H2,1-2H3. The number of hydrogen-bond donors (Lipinski definition) is 1. The molecule has 1 heteroatoms. The van der Waals surface area contributed by atoms with E-state index in [9.17, 15) is 0 Å². The minimum atomic E-state index is 0.767. The van der Waals surface area contributed by atoms with E-state index in [2.05, 4.69) is 19.2 Å². The monoisotopic (exact) mass is 153 g/mol. The Morgan fingerprint density at radius 2 is 1.82 bits per heavy atom. The highest BCUT2D eigenvalue weighted by molar-refractivity contribution is 4.95. The fourth-order valence-electron chi connectivity index (χ4n) is 2.86. The summed E-state index contributed by atoms with van der Waals surface area (Å²) in [6.45, 7) is 4.75. The Morgan fingerprint density at radius 3 is 2.55 bits per heavy atom. The van der Waals surface area contributed by atoms with Crippen molar-refractivity contribution in [1.29, 1.82) is 0 Å². The van der Waals surface area contributed by atoms with Crippen LogP contribution in [0.4, 0.5) is 0 Å². The van der Waals surface area contributed by atoms with Crippen LogP contribution in [0.3, 0.4) is 0 Å². The van der Waals surface area contributed by atoms with Gasteiger partial charge in [-0.05, 0) is 31.6 Å². The third kappa shape index (κ3) is 1.20. The van der Waals surface area contributed by atoms with Crippen molar-refractivity contribution in [1.82, 2.24) is 5.32 Å². The quantitative estimate of drug-likeness (QED) is 0.562. The zero-order valence-electron chi connectivity index (χ0n) is 7.64. The Morgan fingerprint density at radius 1 is 1.09 bits per heavy atom. The van der Waals surface area contributed by atoms with Gasteiger partial charge < -0.3 is 5.32 Å². The molecule has 1 aliphatic carbocycles. The molecular weight excluding hydrogens is 134 g/mol. The van der Waals surface area contributed by atoms with E-state index in [1.54, 1.807) is 0 Å². The van der Waals surface area contributed by atoms with Crippen molar-refractivity contribution in [2.75, 3.05) is 0 Å². The lowest BCUT2D eigenvalue weighted by Crippen LogP contribution is -2.31. The van der Waals surface area contributed by atoms with E-state index in [-0.39, 0.29) is 0 Å². The van der Waals surface area contributed by atoms with Crippen molar-refractivity contribution in [3.05, 3.63) is 0 Å². The summed E-state index contributed by atoms with van der Waals surface area (Å²) in [5.74, 6) is 1.92. The second kappa shape index (κ2) is 2.78. The molecule has 0 aromatic heterocycles. The Labute approximate surface area is 69.6 Å². The molecule has 1 N–H and O–H groups in total. The summed E-state index contributed by atoms with van der Waals surface area (Å²) in [5.41, 5.74) is 0. The molecule has 64 valence electrons. The predicted octanol–water partition coefficient (Wildman–Crippen LogP) is 2.17. The van der Waals surface area contributed by atoms with Crippen LogP contribution in [-0.4, -0.2) is 12.1 Å². The first-order chi connectivity index (χ1) is 5.29. The molecular formula is C10H19N. The maximum atomic E-state index is 3.71. The van der Waals surface area contributed by atoms with Gasteiger partial charge in [-0.2, -0.15) is 0 Å². The van der Waals surface area contributed by atoms with Crippen LogP contribution < -0.4 is 5.32 Å². The molecule has 1 heterocycles. The molecule has 11 heavy (non-hydrogen) atoms. The van der Waals surface area contributed by atoms with Crippen LogP contribution in [0, 0.1) is 11.8 Å². The van der Waals surface area contributed by atoms with E-state index in [1.165, 1.54) is 25.7 Å². The number of fused-ring (bicyclic) bond motifs is 1. The molecule has 4 atom stereocenters. The molecule has 1 saturated carbocycles. The second-order valence-corrected chi connectivity index (χ2v) is 4.37. The van der Waals surface area contributed by atoms with Crippen molar-refractivity contribution in [3.8, 4) is 0 Å². The highest BCUT2D eigenvalue weighted by Crippen LogP contribution is 2.36. The summed E-state index contributed by atoms with van der Waals surface area (Å²) in [6, 6.07) is 1.64. The van der Waals surface area contributed by atoms with Crippen molar-refractivity contribution < 1.29 is 0 Å². The first-order valence-corrected chi connectivity index (χ1v) is 5.05. The number of rotatable bonds is 0. The summed E-state index contributed by atoms with van der Waals surface area (Å²) >= 11 is 0. The van der Waals surface area contributed by atoms with Crippen LogP contribution in [0.1, 0.15) is 39.5 Å². The third-order valence-corrected chi connectivity index (χ3v) is 3.76. The topological polar surface area (TPSA) is 12.0 Å². The molecule has 0 amide bonds. The fourth-order valence-corrected chi connectivity index (χ4v) is 2.86. The molecule has 2 rings (SSSR count). The molecule has 0 bridgehead atoms. The zero-order valence-corrected chi connectivity index (χ0v) is 7.64. The Bertz CT molecular complexity index is 144. The highest BCUT2D eigenvalue weighted by Gasteiger charge is 2.38. The van der Waals surface area contributed by atoms with Gasteiger partial charge in [-0.1, -0.05) is 19.8 Å². The van der Waals surface area contributed by atoms with Crippen LogP contribution in [0.15, 0.2) is 0 Å². The lowest BCUT2D eigenvalue weighted by Gasteiger charge is -2.26. The van der Waals surface area contributed by atoms with Crippen LogP contribution in [0.25, 0.3) is 0 Å². The van der Waals surface area contributed by atoms with Gasteiger partial charge in [0.2, 0.25) is 0 Å². The molecule has 0 aromatic carbocycles. The number of nitrogens with one attached hydrogen (secondary N) is 1. The largest absolute Gasteiger partial charge is 0.311 e. The molecule has 0 spiro atoms. The minimum absolute atomic E-state index is 0.767. The molecule has 0 aromatic rings. The van der Waals surface area contributed by atoms with E-state index in [0.717, 1.165) is 23.9 Å². The molecule has 1 aliphatic heterocycles. The summed E-state index contributed by atoms with van der Waals surface area (Å²) < 4.78 is 0. The van der Waals surface area contributed by atoms with Gasteiger partial charge in [-0.3, -0.25) is 0 Å². The predicted molar refractivity (Wildman–Crippen MR) is 47.5 cm³/mol. The lowest BCUT2D eigenvalue weighted by molar-refractivity contribution is 0.281.